The first-order valence-electron chi connectivity index (χ1n) is 12.7. The molecule has 3 unspecified atom stereocenters. The number of amides is 3. The number of hydrogen-bond donors (Lipinski definition) is 3. The summed E-state index contributed by atoms with van der Waals surface area (Å²) in [6, 6.07) is 12.4. The number of aryl methyl sites for hydroxylation is 1. The van der Waals surface area contributed by atoms with Crippen LogP contribution in [0.1, 0.15) is 59.6 Å². The van der Waals surface area contributed by atoms with Crippen molar-refractivity contribution in [1.29, 1.82) is 0 Å². The predicted octanol–water partition coefficient (Wildman–Crippen LogP) is 3.55. The molecule has 0 bridgehead atoms. The fraction of sp³-hybridized carbons (Fsp3) is 0.464. The smallest absolute Gasteiger partial charge is 0.253 e. The van der Waals surface area contributed by atoms with E-state index in [9.17, 15) is 14.4 Å². The maximum Gasteiger partial charge on any atom is 0.253 e. The third kappa shape index (κ3) is 5.94. The lowest BCUT2D eigenvalue weighted by Crippen LogP contribution is -2.37. The molecule has 0 aromatic heterocycles. The second-order valence-electron chi connectivity index (χ2n) is 9.95. The number of benzene rings is 2. The van der Waals surface area contributed by atoms with Crippen LogP contribution < -0.4 is 21.3 Å². The summed E-state index contributed by atoms with van der Waals surface area (Å²) in [6.07, 6.45) is 4.52. The van der Waals surface area contributed by atoms with Crippen LogP contribution in [0.25, 0.3) is 0 Å². The van der Waals surface area contributed by atoms with Gasteiger partial charge in [0, 0.05) is 19.2 Å². The van der Waals surface area contributed by atoms with Crippen molar-refractivity contribution in [3.05, 3.63) is 59.2 Å². The molecular weight excluding hydrogens is 456 g/mol. The van der Waals surface area contributed by atoms with Crippen LogP contribution >= 0.6 is 0 Å². The Morgan fingerprint density at radius 1 is 1.14 bits per heavy atom. The molecule has 1 aliphatic carbocycles. The molecule has 0 spiro atoms. The summed E-state index contributed by atoms with van der Waals surface area (Å²) in [5.74, 6) is 0.276. The van der Waals surface area contributed by atoms with E-state index in [1.807, 2.05) is 31.2 Å². The van der Waals surface area contributed by atoms with Gasteiger partial charge in [-0.1, -0.05) is 36.2 Å². The Labute approximate surface area is 212 Å². The van der Waals surface area contributed by atoms with Gasteiger partial charge in [0.25, 0.3) is 11.8 Å². The average molecular weight is 493 g/mol. The minimum atomic E-state index is -0.490. The highest BCUT2D eigenvalue weighted by Gasteiger charge is 2.34. The Balaban J connectivity index is 1.59. The van der Waals surface area contributed by atoms with E-state index in [0.717, 1.165) is 36.8 Å². The average Bonchev–Trinajstić information content (AvgIpc) is 3.03. The number of carbonyl (C=O) groups excluding carboxylic acids is 3. The van der Waals surface area contributed by atoms with Crippen molar-refractivity contribution >= 4 is 29.1 Å². The fourth-order valence-electron chi connectivity index (χ4n) is 5.32. The van der Waals surface area contributed by atoms with Crippen molar-refractivity contribution in [2.75, 3.05) is 37.0 Å². The van der Waals surface area contributed by atoms with Crippen molar-refractivity contribution in [3.8, 4) is 0 Å². The molecule has 36 heavy (non-hydrogen) atoms. The minimum absolute atomic E-state index is 0.0959. The van der Waals surface area contributed by atoms with E-state index < -0.39 is 6.04 Å². The molecule has 4 rings (SSSR count). The molecule has 1 aliphatic heterocycles. The standard InChI is InChI=1S/C28H36N4O4/c1-18-6-8-21(9-7-18)25-14-26(33)31-23-13-22(10-11-24(23)32(25)27(34)17-36-2)28(35)30-16-20-5-3-4-19(12-20)15-29/h6-11,13,19-20,25H,3-5,12,14-17,29H2,1-2H3,(H,30,35)(H,31,33). The zero-order valence-electron chi connectivity index (χ0n) is 21.1. The first-order chi connectivity index (χ1) is 17.4. The van der Waals surface area contributed by atoms with Crippen molar-refractivity contribution in [3.63, 3.8) is 0 Å². The van der Waals surface area contributed by atoms with E-state index in [1.165, 1.54) is 7.11 Å². The van der Waals surface area contributed by atoms with Crippen LogP contribution in [0, 0.1) is 18.8 Å². The number of anilines is 2. The molecule has 3 amide bonds. The Kier molecular flexibility index (Phi) is 8.38. The first-order valence-corrected chi connectivity index (χ1v) is 12.7. The number of fused-ring (bicyclic) bond motifs is 1. The van der Waals surface area contributed by atoms with Crippen LogP contribution in [-0.4, -0.2) is 44.5 Å². The lowest BCUT2D eigenvalue weighted by atomic mass is 9.81. The molecule has 8 nitrogen and oxygen atoms in total. The fourth-order valence-corrected chi connectivity index (χ4v) is 5.32. The number of methoxy groups -OCH3 is 1. The van der Waals surface area contributed by atoms with Gasteiger partial charge in [-0.25, -0.2) is 0 Å². The van der Waals surface area contributed by atoms with Crippen LogP contribution in [0.3, 0.4) is 0 Å². The number of nitrogens with two attached hydrogens (primary N) is 1. The van der Waals surface area contributed by atoms with Crippen molar-refractivity contribution in [1.82, 2.24) is 5.32 Å². The summed E-state index contributed by atoms with van der Waals surface area (Å²) in [4.78, 5) is 40.7. The number of carbonyl (C=O) groups is 3. The van der Waals surface area contributed by atoms with Gasteiger partial charge < -0.3 is 26.0 Å². The Hall–Kier alpha value is -3.23. The topological polar surface area (TPSA) is 114 Å². The van der Waals surface area contributed by atoms with Crippen molar-refractivity contribution in [2.45, 2.75) is 45.1 Å². The zero-order chi connectivity index (χ0) is 25.7. The number of hydrogen-bond acceptors (Lipinski definition) is 5. The highest BCUT2D eigenvalue weighted by molar-refractivity contribution is 6.07. The van der Waals surface area contributed by atoms with E-state index in [4.69, 9.17) is 10.5 Å². The number of nitrogens with one attached hydrogen (secondary N) is 2. The van der Waals surface area contributed by atoms with Gasteiger partial charge in [-0.05, 0) is 68.3 Å². The Bertz CT molecular complexity index is 1100. The molecular formula is C28H36N4O4. The largest absolute Gasteiger partial charge is 0.375 e. The minimum Gasteiger partial charge on any atom is -0.375 e. The second-order valence-corrected chi connectivity index (χ2v) is 9.95. The monoisotopic (exact) mass is 492 g/mol. The van der Waals surface area contributed by atoms with Crippen molar-refractivity contribution < 1.29 is 19.1 Å². The lowest BCUT2D eigenvalue weighted by molar-refractivity contribution is -0.122. The predicted molar refractivity (Wildman–Crippen MR) is 140 cm³/mol. The number of nitrogens with zero attached hydrogens (tertiary/aromatic N) is 1. The lowest BCUT2D eigenvalue weighted by Gasteiger charge is -2.31. The van der Waals surface area contributed by atoms with E-state index >= 15 is 0 Å². The maximum absolute atomic E-state index is 13.2. The number of rotatable bonds is 7. The SMILES string of the molecule is COCC(=O)N1c2ccc(C(=O)NCC3CCCC(CN)C3)cc2NC(=O)CC1c1ccc(C)cc1. The van der Waals surface area contributed by atoms with Gasteiger partial charge in [-0.2, -0.15) is 0 Å². The molecule has 2 aromatic carbocycles. The maximum atomic E-state index is 13.2. The van der Waals surface area contributed by atoms with E-state index in [-0.39, 0.29) is 30.7 Å². The quantitative estimate of drug-likeness (QED) is 0.547. The molecule has 2 aromatic rings. The Morgan fingerprint density at radius 3 is 2.61 bits per heavy atom. The summed E-state index contributed by atoms with van der Waals surface area (Å²) in [5.41, 5.74) is 9.22. The van der Waals surface area contributed by atoms with E-state index in [1.54, 1.807) is 23.1 Å². The van der Waals surface area contributed by atoms with Gasteiger partial charge in [-0.15, -0.1) is 0 Å². The van der Waals surface area contributed by atoms with Gasteiger partial charge in [0.2, 0.25) is 5.91 Å². The van der Waals surface area contributed by atoms with Crippen LogP contribution in [0.4, 0.5) is 11.4 Å². The molecule has 0 radical (unpaired) electrons. The third-order valence-electron chi connectivity index (χ3n) is 7.26. The summed E-state index contributed by atoms with van der Waals surface area (Å²) >= 11 is 0. The summed E-state index contributed by atoms with van der Waals surface area (Å²) in [7, 11) is 1.47. The normalized spacial score (nSPS) is 21.8. The van der Waals surface area contributed by atoms with Gasteiger partial charge in [-0.3, -0.25) is 14.4 Å². The van der Waals surface area contributed by atoms with Gasteiger partial charge in [0.15, 0.2) is 0 Å². The molecule has 1 fully saturated rings. The van der Waals surface area contributed by atoms with Gasteiger partial charge in [0.1, 0.15) is 6.61 Å². The third-order valence-corrected chi connectivity index (χ3v) is 7.26. The highest BCUT2D eigenvalue weighted by Crippen LogP contribution is 2.39. The molecule has 192 valence electrons. The summed E-state index contributed by atoms with van der Waals surface area (Å²) in [5, 5.41) is 5.96. The summed E-state index contributed by atoms with van der Waals surface area (Å²) in [6.45, 7) is 3.16. The van der Waals surface area contributed by atoms with Crippen LogP contribution in [0.5, 0.6) is 0 Å². The first kappa shape index (κ1) is 25.9. The molecule has 1 heterocycles. The molecule has 3 atom stereocenters. The summed E-state index contributed by atoms with van der Waals surface area (Å²) < 4.78 is 5.14. The van der Waals surface area contributed by atoms with Gasteiger partial charge >= 0.3 is 0 Å². The van der Waals surface area contributed by atoms with Crippen LogP contribution in [0.15, 0.2) is 42.5 Å². The second kappa shape index (κ2) is 11.7. The molecule has 2 aliphatic rings. The zero-order valence-corrected chi connectivity index (χ0v) is 21.1. The van der Waals surface area contributed by atoms with Gasteiger partial charge in [0.05, 0.1) is 23.8 Å². The molecule has 8 heteroatoms. The van der Waals surface area contributed by atoms with Crippen LogP contribution in [-0.2, 0) is 14.3 Å². The highest BCUT2D eigenvalue weighted by atomic mass is 16.5. The van der Waals surface area contributed by atoms with Crippen LogP contribution in [0.2, 0.25) is 0 Å². The molecule has 0 saturated heterocycles. The number of ether oxygens (including phenoxy) is 1. The van der Waals surface area contributed by atoms with E-state index in [2.05, 4.69) is 10.6 Å². The Morgan fingerprint density at radius 2 is 1.89 bits per heavy atom. The van der Waals surface area contributed by atoms with E-state index in [0.29, 0.717) is 41.9 Å². The molecule has 1 saturated carbocycles. The van der Waals surface area contributed by atoms with Crippen molar-refractivity contribution in [2.24, 2.45) is 17.6 Å². The molecule has 4 N–H and O–H groups in total.